The van der Waals surface area contributed by atoms with E-state index in [1.807, 2.05) is 69.0 Å². The van der Waals surface area contributed by atoms with Crippen LogP contribution < -0.4 is 5.32 Å². The molecule has 29 heavy (non-hydrogen) atoms. The van der Waals surface area contributed by atoms with E-state index in [4.69, 9.17) is 4.42 Å². The second-order valence-corrected chi connectivity index (χ2v) is 9.00. The molecule has 5 nitrogen and oxygen atoms in total. The van der Waals surface area contributed by atoms with Crippen molar-refractivity contribution in [3.05, 3.63) is 59.0 Å². The lowest BCUT2D eigenvalue weighted by Gasteiger charge is -2.29. The van der Waals surface area contributed by atoms with Gasteiger partial charge in [-0.2, -0.15) is 0 Å². The van der Waals surface area contributed by atoms with Gasteiger partial charge >= 0.3 is 0 Å². The largest absolute Gasteiger partial charge is 0.455 e. The van der Waals surface area contributed by atoms with E-state index < -0.39 is 0 Å². The molecule has 1 aliphatic rings. The van der Waals surface area contributed by atoms with Gasteiger partial charge in [-0.3, -0.25) is 9.59 Å². The van der Waals surface area contributed by atoms with Gasteiger partial charge in [-0.05, 0) is 31.4 Å². The molecule has 0 atom stereocenters. The summed E-state index contributed by atoms with van der Waals surface area (Å²) in [5, 5.41) is 2.77. The quantitative estimate of drug-likeness (QED) is 0.777. The van der Waals surface area contributed by atoms with E-state index in [1.54, 1.807) is 0 Å². The van der Waals surface area contributed by atoms with Gasteiger partial charge in [0.25, 0.3) is 5.91 Å². The van der Waals surface area contributed by atoms with Crippen molar-refractivity contribution in [2.45, 2.75) is 71.4 Å². The van der Waals surface area contributed by atoms with Crippen molar-refractivity contribution >= 4 is 11.8 Å². The van der Waals surface area contributed by atoms with Crippen molar-refractivity contribution in [1.29, 1.82) is 0 Å². The molecule has 1 N–H and O–H groups in total. The Bertz CT molecular complexity index is 843. The molecule has 5 heteroatoms. The fourth-order valence-corrected chi connectivity index (χ4v) is 3.83. The Hall–Kier alpha value is -2.56. The summed E-state index contributed by atoms with van der Waals surface area (Å²) in [6.07, 6.45) is 4.35. The van der Waals surface area contributed by atoms with Crippen LogP contribution in [-0.2, 0) is 16.8 Å². The van der Waals surface area contributed by atoms with Crippen LogP contribution in [-0.4, -0.2) is 29.3 Å². The van der Waals surface area contributed by atoms with Gasteiger partial charge in [0.15, 0.2) is 5.76 Å². The number of nitrogens with one attached hydrogen (secondary N) is 1. The van der Waals surface area contributed by atoms with Gasteiger partial charge in [0, 0.05) is 23.6 Å². The molecule has 1 aromatic carbocycles. The molecule has 1 saturated carbocycles. The van der Waals surface area contributed by atoms with Crippen LogP contribution in [0.1, 0.15) is 73.9 Å². The van der Waals surface area contributed by atoms with E-state index in [0.717, 1.165) is 42.6 Å². The van der Waals surface area contributed by atoms with Gasteiger partial charge in [-0.15, -0.1) is 0 Å². The number of aryl methyl sites for hydroxylation is 1. The molecule has 1 heterocycles. The Balaban J connectivity index is 1.66. The molecule has 0 unspecified atom stereocenters. The zero-order chi connectivity index (χ0) is 21.0. The van der Waals surface area contributed by atoms with Crippen LogP contribution in [0.3, 0.4) is 0 Å². The van der Waals surface area contributed by atoms with Crippen LogP contribution >= 0.6 is 0 Å². The van der Waals surface area contributed by atoms with Gasteiger partial charge in [-0.1, -0.05) is 63.9 Å². The van der Waals surface area contributed by atoms with Crippen LogP contribution in [0.2, 0.25) is 0 Å². The lowest BCUT2D eigenvalue weighted by molar-refractivity contribution is -0.133. The van der Waals surface area contributed by atoms with Crippen molar-refractivity contribution in [3.63, 3.8) is 0 Å². The summed E-state index contributed by atoms with van der Waals surface area (Å²) in [6, 6.07) is 12.2. The number of rotatable bonds is 6. The van der Waals surface area contributed by atoms with Crippen molar-refractivity contribution in [1.82, 2.24) is 10.2 Å². The van der Waals surface area contributed by atoms with E-state index in [2.05, 4.69) is 5.32 Å². The summed E-state index contributed by atoms with van der Waals surface area (Å²) in [5.41, 5.74) is 1.72. The van der Waals surface area contributed by atoms with Gasteiger partial charge < -0.3 is 14.6 Å². The lowest BCUT2D eigenvalue weighted by Crippen LogP contribution is -2.44. The number of amides is 2. The zero-order valence-electron chi connectivity index (χ0n) is 18.0. The van der Waals surface area contributed by atoms with Crippen LogP contribution in [0.25, 0.3) is 0 Å². The van der Waals surface area contributed by atoms with Crippen LogP contribution in [0.15, 0.2) is 40.8 Å². The first kappa shape index (κ1) is 21.2. The van der Waals surface area contributed by atoms with Crippen LogP contribution in [0.5, 0.6) is 0 Å². The molecule has 2 amide bonds. The highest BCUT2D eigenvalue weighted by molar-refractivity contribution is 5.95. The molecule has 0 bridgehead atoms. The molecule has 1 aliphatic carbocycles. The first-order valence-electron chi connectivity index (χ1n) is 10.5. The smallest absolute Gasteiger partial charge is 0.287 e. The van der Waals surface area contributed by atoms with E-state index in [1.165, 1.54) is 0 Å². The molecule has 0 radical (unpaired) electrons. The Morgan fingerprint density at radius 1 is 1.14 bits per heavy atom. The molecular weight excluding hydrogens is 364 g/mol. The van der Waals surface area contributed by atoms with Crippen molar-refractivity contribution in [3.8, 4) is 0 Å². The van der Waals surface area contributed by atoms with E-state index in [9.17, 15) is 9.59 Å². The van der Waals surface area contributed by atoms with Crippen LogP contribution in [0.4, 0.5) is 0 Å². The third-order valence-electron chi connectivity index (χ3n) is 5.54. The van der Waals surface area contributed by atoms with Gasteiger partial charge in [0.2, 0.25) is 5.91 Å². The molecule has 3 rings (SSSR count). The summed E-state index contributed by atoms with van der Waals surface area (Å²) in [5.74, 6) is 0.674. The summed E-state index contributed by atoms with van der Waals surface area (Å²) in [6.45, 7) is 8.54. The SMILES string of the molecule is Cc1cc(C(C)(C)C)oc1C(=O)NCC(=O)N(Cc1ccccc1)C1CCCC1. The number of carbonyl (C=O) groups is 2. The summed E-state index contributed by atoms with van der Waals surface area (Å²) < 4.78 is 5.79. The molecule has 2 aromatic rings. The maximum absolute atomic E-state index is 13.0. The highest BCUT2D eigenvalue weighted by Crippen LogP contribution is 2.27. The lowest BCUT2D eigenvalue weighted by atomic mass is 9.93. The van der Waals surface area contributed by atoms with Crippen molar-refractivity contribution in [2.24, 2.45) is 0 Å². The second kappa shape index (κ2) is 8.85. The van der Waals surface area contributed by atoms with Crippen molar-refractivity contribution in [2.75, 3.05) is 6.54 Å². The normalized spacial score (nSPS) is 14.8. The third kappa shape index (κ3) is 5.28. The Morgan fingerprint density at radius 3 is 2.38 bits per heavy atom. The number of benzene rings is 1. The second-order valence-electron chi connectivity index (χ2n) is 9.00. The summed E-state index contributed by atoms with van der Waals surface area (Å²) in [7, 11) is 0. The predicted octanol–water partition coefficient (Wildman–Crippen LogP) is 4.59. The Labute approximate surface area is 173 Å². The highest BCUT2D eigenvalue weighted by Gasteiger charge is 2.28. The average Bonchev–Trinajstić information content (AvgIpc) is 3.34. The number of hydrogen-bond donors (Lipinski definition) is 1. The maximum atomic E-state index is 13.0. The van der Waals surface area contributed by atoms with Gasteiger partial charge in [0.1, 0.15) is 5.76 Å². The number of nitrogens with zero attached hydrogens (tertiary/aromatic N) is 1. The van der Waals surface area contributed by atoms with E-state index in [0.29, 0.717) is 12.3 Å². The minimum atomic E-state index is -0.336. The molecule has 0 aliphatic heterocycles. The highest BCUT2D eigenvalue weighted by atomic mass is 16.4. The fourth-order valence-electron chi connectivity index (χ4n) is 3.83. The number of hydrogen-bond acceptors (Lipinski definition) is 3. The molecule has 1 aromatic heterocycles. The fraction of sp³-hybridized carbons (Fsp3) is 0.500. The minimum absolute atomic E-state index is 0.0207. The van der Waals surface area contributed by atoms with Crippen molar-refractivity contribution < 1.29 is 14.0 Å². The first-order chi connectivity index (χ1) is 13.8. The predicted molar refractivity (Wildman–Crippen MR) is 114 cm³/mol. The maximum Gasteiger partial charge on any atom is 0.287 e. The number of carbonyl (C=O) groups excluding carboxylic acids is 2. The molecule has 0 saturated heterocycles. The van der Waals surface area contributed by atoms with Crippen LogP contribution in [0, 0.1) is 6.92 Å². The molecule has 0 spiro atoms. The van der Waals surface area contributed by atoms with E-state index >= 15 is 0 Å². The molecular formula is C24H32N2O3. The standard InChI is InChI=1S/C24H32N2O3/c1-17-14-20(24(2,3)4)29-22(17)23(28)25-15-21(27)26(19-12-8-9-13-19)16-18-10-6-5-7-11-18/h5-7,10-11,14,19H,8-9,12-13,15-16H2,1-4H3,(H,25,28). The topological polar surface area (TPSA) is 62.6 Å². The minimum Gasteiger partial charge on any atom is -0.455 e. The monoisotopic (exact) mass is 396 g/mol. The third-order valence-corrected chi connectivity index (χ3v) is 5.54. The summed E-state index contributed by atoms with van der Waals surface area (Å²) in [4.78, 5) is 27.6. The average molecular weight is 397 g/mol. The Kier molecular flexibility index (Phi) is 6.46. The number of furan rings is 1. The Morgan fingerprint density at radius 2 is 1.79 bits per heavy atom. The van der Waals surface area contributed by atoms with Gasteiger partial charge in [-0.25, -0.2) is 0 Å². The molecule has 1 fully saturated rings. The van der Waals surface area contributed by atoms with Gasteiger partial charge in [0.05, 0.1) is 6.54 Å². The first-order valence-corrected chi connectivity index (χ1v) is 10.5. The van der Waals surface area contributed by atoms with E-state index in [-0.39, 0.29) is 29.8 Å². The zero-order valence-corrected chi connectivity index (χ0v) is 18.0. The summed E-state index contributed by atoms with van der Waals surface area (Å²) >= 11 is 0. The molecule has 156 valence electrons.